The van der Waals surface area contributed by atoms with Crippen LogP contribution in [0.4, 0.5) is 4.79 Å². The van der Waals surface area contributed by atoms with Gasteiger partial charge in [0.1, 0.15) is 5.01 Å². The van der Waals surface area contributed by atoms with Crippen LogP contribution in [0.3, 0.4) is 0 Å². The zero-order valence-corrected chi connectivity index (χ0v) is 9.67. The van der Waals surface area contributed by atoms with Crippen molar-refractivity contribution in [2.75, 3.05) is 6.54 Å². The lowest BCUT2D eigenvalue weighted by atomic mass is 10.2. The molecule has 5 heteroatoms. The number of amides is 1. The van der Waals surface area contributed by atoms with Gasteiger partial charge in [0.05, 0.1) is 11.7 Å². The Morgan fingerprint density at radius 3 is 2.87 bits per heavy atom. The Morgan fingerprint density at radius 1 is 1.60 bits per heavy atom. The number of carbonyl (C=O) groups is 1. The molecule has 15 heavy (non-hydrogen) atoms. The van der Waals surface area contributed by atoms with Crippen LogP contribution in [0, 0.1) is 13.8 Å². The molecule has 1 atom stereocenters. The molecule has 1 aliphatic rings. The van der Waals surface area contributed by atoms with Crippen molar-refractivity contribution < 1.29 is 9.90 Å². The van der Waals surface area contributed by atoms with E-state index in [0.717, 1.165) is 23.5 Å². The summed E-state index contributed by atoms with van der Waals surface area (Å²) < 4.78 is 0. The molecule has 1 aliphatic heterocycles. The second-order valence-electron chi connectivity index (χ2n) is 3.83. The summed E-state index contributed by atoms with van der Waals surface area (Å²) in [4.78, 5) is 18.1. The van der Waals surface area contributed by atoms with Gasteiger partial charge in [-0.3, -0.25) is 4.90 Å². The van der Waals surface area contributed by atoms with Crippen LogP contribution in [0.2, 0.25) is 0 Å². The highest BCUT2D eigenvalue weighted by atomic mass is 32.1. The fourth-order valence-electron chi connectivity index (χ4n) is 1.89. The number of thiazole rings is 1. The van der Waals surface area contributed by atoms with Crippen molar-refractivity contribution in [1.82, 2.24) is 9.88 Å². The summed E-state index contributed by atoms with van der Waals surface area (Å²) in [6.45, 7) is 4.63. The van der Waals surface area contributed by atoms with Crippen LogP contribution in [0.5, 0.6) is 0 Å². The molecule has 1 aromatic heterocycles. The van der Waals surface area contributed by atoms with Gasteiger partial charge < -0.3 is 5.11 Å². The first-order chi connectivity index (χ1) is 7.09. The predicted octanol–water partition coefficient (Wildman–Crippen LogP) is 2.57. The second kappa shape index (κ2) is 3.81. The molecule has 1 fully saturated rings. The lowest BCUT2D eigenvalue weighted by molar-refractivity contribution is 0.140. The largest absolute Gasteiger partial charge is 0.465 e. The van der Waals surface area contributed by atoms with Crippen LogP contribution in [0.25, 0.3) is 0 Å². The molecule has 2 rings (SSSR count). The van der Waals surface area contributed by atoms with Crippen molar-refractivity contribution in [3.8, 4) is 0 Å². The first-order valence-corrected chi connectivity index (χ1v) is 5.84. The van der Waals surface area contributed by atoms with Gasteiger partial charge in [-0.15, -0.1) is 11.3 Å². The number of likely N-dealkylation sites (tertiary alicyclic amines) is 1. The van der Waals surface area contributed by atoms with E-state index in [2.05, 4.69) is 4.98 Å². The van der Waals surface area contributed by atoms with Gasteiger partial charge in [-0.1, -0.05) is 0 Å². The molecule has 0 aliphatic carbocycles. The molecule has 4 nitrogen and oxygen atoms in total. The summed E-state index contributed by atoms with van der Waals surface area (Å²) >= 11 is 1.62. The van der Waals surface area contributed by atoms with Crippen molar-refractivity contribution in [2.24, 2.45) is 0 Å². The third kappa shape index (κ3) is 1.84. The topological polar surface area (TPSA) is 53.4 Å². The zero-order chi connectivity index (χ0) is 11.0. The minimum Gasteiger partial charge on any atom is -0.465 e. The van der Waals surface area contributed by atoms with Gasteiger partial charge in [0.2, 0.25) is 0 Å². The van der Waals surface area contributed by atoms with Gasteiger partial charge in [-0.2, -0.15) is 0 Å². The molecule has 0 unspecified atom stereocenters. The van der Waals surface area contributed by atoms with E-state index in [-0.39, 0.29) is 6.04 Å². The standard InChI is InChI=1S/C10H14N2O2S/c1-6-7(2)15-9(11-6)8-4-3-5-12(8)10(13)14/h8H,3-5H2,1-2H3,(H,13,14)/t8-/m0/s1. The zero-order valence-electron chi connectivity index (χ0n) is 8.86. The maximum atomic E-state index is 11.0. The number of hydrogen-bond acceptors (Lipinski definition) is 3. The van der Waals surface area contributed by atoms with Gasteiger partial charge in [-0.05, 0) is 26.7 Å². The summed E-state index contributed by atoms with van der Waals surface area (Å²) in [6.07, 6.45) is 1.01. The van der Waals surface area contributed by atoms with Crippen molar-refractivity contribution in [3.63, 3.8) is 0 Å². The molecule has 1 amide bonds. The highest BCUT2D eigenvalue weighted by Crippen LogP contribution is 2.34. The van der Waals surface area contributed by atoms with E-state index < -0.39 is 6.09 Å². The Bertz CT molecular complexity index is 369. The van der Waals surface area contributed by atoms with E-state index in [9.17, 15) is 4.79 Å². The van der Waals surface area contributed by atoms with Gasteiger partial charge >= 0.3 is 6.09 Å². The third-order valence-electron chi connectivity index (χ3n) is 2.83. The predicted molar refractivity (Wildman–Crippen MR) is 58.3 cm³/mol. The summed E-state index contributed by atoms with van der Waals surface area (Å²) in [5.74, 6) is 0. The number of aromatic nitrogens is 1. The van der Waals surface area contributed by atoms with E-state index in [1.807, 2.05) is 13.8 Å². The average Bonchev–Trinajstić information content (AvgIpc) is 2.73. The maximum Gasteiger partial charge on any atom is 0.407 e. The summed E-state index contributed by atoms with van der Waals surface area (Å²) in [5.41, 5.74) is 1.02. The summed E-state index contributed by atoms with van der Waals surface area (Å²) in [7, 11) is 0. The van der Waals surface area contributed by atoms with Crippen molar-refractivity contribution in [1.29, 1.82) is 0 Å². The number of rotatable bonds is 1. The van der Waals surface area contributed by atoms with Crippen molar-refractivity contribution in [3.05, 3.63) is 15.6 Å². The van der Waals surface area contributed by atoms with E-state index in [4.69, 9.17) is 5.11 Å². The third-order valence-corrected chi connectivity index (χ3v) is 4.00. The van der Waals surface area contributed by atoms with Crippen LogP contribution in [0.1, 0.15) is 34.5 Å². The first-order valence-electron chi connectivity index (χ1n) is 5.03. The molecule has 1 aromatic rings. The number of aryl methyl sites for hydroxylation is 2. The molecule has 1 N–H and O–H groups in total. The Balaban J connectivity index is 2.26. The smallest absolute Gasteiger partial charge is 0.407 e. The Kier molecular flexibility index (Phi) is 2.65. The summed E-state index contributed by atoms with van der Waals surface area (Å²) in [6, 6.07) is -0.0140. The number of carboxylic acid groups (broad SMARTS) is 1. The second-order valence-corrected chi connectivity index (χ2v) is 5.06. The Morgan fingerprint density at radius 2 is 2.33 bits per heavy atom. The van der Waals surface area contributed by atoms with Crippen LogP contribution in [-0.4, -0.2) is 27.6 Å². The van der Waals surface area contributed by atoms with Gasteiger partial charge in [0, 0.05) is 11.4 Å². The van der Waals surface area contributed by atoms with E-state index in [0.29, 0.717) is 6.54 Å². The quantitative estimate of drug-likeness (QED) is 0.800. The van der Waals surface area contributed by atoms with E-state index in [1.54, 1.807) is 11.3 Å². The van der Waals surface area contributed by atoms with Crippen LogP contribution in [0.15, 0.2) is 0 Å². The number of hydrogen-bond donors (Lipinski definition) is 1. The van der Waals surface area contributed by atoms with Crippen LogP contribution in [-0.2, 0) is 0 Å². The van der Waals surface area contributed by atoms with Crippen LogP contribution < -0.4 is 0 Å². The molecule has 0 saturated carbocycles. The van der Waals surface area contributed by atoms with E-state index >= 15 is 0 Å². The molecule has 2 heterocycles. The summed E-state index contributed by atoms with van der Waals surface area (Å²) in [5, 5.41) is 9.97. The normalized spacial score (nSPS) is 20.9. The minimum absolute atomic E-state index is 0.0140. The monoisotopic (exact) mass is 226 g/mol. The molecule has 0 radical (unpaired) electrons. The maximum absolute atomic E-state index is 11.0. The van der Waals surface area contributed by atoms with Gasteiger partial charge in [0.25, 0.3) is 0 Å². The average molecular weight is 226 g/mol. The molecule has 0 spiro atoms. The first kappa shape index (κ1) is 10.4. The molecule has 82 valence electrons. The van der Waals surface area contributed by atoms with Crippen molar-refractivity contribution >= 4 is 17.4 Å². The Labute approximate surface area is 92.6 Å². The fourth-order valence-corrected chi connectivity index (χ4v) is 2.96. The van der Waals surface area contributed by atoms with Gasteiger partial charge in [-0.25, -0.2) is 9.78 Å². The highest BCUT2D eigenvalue weighted by molar-refractivity contribution is 7.11. The van der Waals surface area contributed by atoms with Crippen LogP contribution >= 0.6 is 11.3 Å². The fraction of sp³-hybridized carbons (Fsp3) is 0.600. The molecule has 1 saturated heterocycles. The molecular formula is C10H14N2O2S. The molecular weight excluding hydrogens is 212 g/mol. The molecule has 0 aromatic carbocycles. The Hall–Kier alpha value is -1.10. The van der Waals surface area contributed by atoms with Gasteiger partial charge in [0.15, 0.2) is 0 Å². The van der Waals surface area contributed by atoms with E-state index in [1.165, 1.54) is 9.78 Å². The lowest BCUT2D eigenvalue weighted by Gasteiger charge is -2.18. The molecule has 0 bridgehead atoms. The minimum atomic E-state index is -0.831. The lowest BCUT2D eigenvalue weighted by Crippen LogP contribution is -2.28. The SMILES string of the molecule is Cc1nc([C@@H]2CCCN2C(=O)O)sc1C. The highest BCUT2D eigenvalue weighted by Gasteiger charge is 2.31. The van der Waals surface area contributed by atoms with Crippen molar-refractivity contribution in [2.45, 2.75) is 32.7 Å². The number of nitrogens with zero attached hydrogens (tertiary/aromatic N) is 2.